The summed E-state index contributed by atoms with van der Waals surface area (Å²) in [6, 6.07) is 12.4. The number of hydrogen-bond donors (Lipinski definition) is 1. The summed E-state index contributed by atoms with van der Waals surface area (Å²) < 4.78 is 5.20. The SMILES string of the molecule is COc1ccc(C)cc1C(=O)CCC(=O)Nc1ccccc1Cl. The molecule has 2 rings (SSSR count). The third kappa shape index (κ3) is 4.57. The van der Waals surface area contributed by atoms with E-state index in [0.717, 1.165) is 5.56 Å². The summed E-state index contributed by atoms with van der Waals surface area (Å²) >= 11 is 5.99. The zero-order valence-electron chi connectivity index (χ0n) is 13.1. The zero-order valence-corrected chi connectivity index (χ0v) is 13.8. The van der Waals surface area contributed by atoms with Crippen LogP contribution in [0.25, 0.3) is 0 Å². The predicted octanol–water partition coefficient (Wildman–Crippen LogP) is 4.26. The van der Waals surface area contributed by atoms with Gasteiger partial charge in [-0.05, 0) is 31.2 Å². The Bertz CT molecular complexity index is 728. The maximum absolute atomic E-state index is 12.3. The Morgan fingerprint density at radius 1 is 1.13 bits per heavy atom. The van der Waals surface area contributed by atoms with Gasteiger partial charge >= 0.3 is 0 Å². The van der Waals surface area contributed by atoms with Crippen LogP contribution in [-0.4, -0.2) is 18.8 Å². The molecule has 0 aliphatic carbocycles. The quantitative estimate of drug-likeness (QED) is 0.805. The molecule has 4 nitrogen and oxygen atoms in total. The Morgan fingerprint density at radius 3 is 2.57 bits per heavy atom. The molecule has 2 aromatic rings. The maximum Gasteiger partial charge on any atom is 0.224 e. The van der Waals surface area contributed by atoms with Crippen LogP contribution in [0, 0.1) is 6.92 Å². The van der Waals surface area contributed by atoms with Gasteiger partial charge in [-0.3, -0.25) is 9.59 Å². The molecule has 0 bridgehead atoms. The van der Waals surface area contributed by atoms with Crippen molar-refractivity contribution in [3.8, 4) is 5.75 Å². The molecule has 0 saturated carbocycles. The number of Topliss-reactive ketones (excluding diaryl/α,β-unsaturated/α-hetero) is 1. The molecule has 5 heteroatoms. The number of rotatable bonds is 6. The highest BCUT2D eigenvalue weighted by molar-refractivity contribution is 6.33. The lowest BCUT2D eigenvalue weighted by atomic mass is 10.0. The lowest BCUT2D eigenvalue weighted by molar-refractivity contribution is -0.116. The van der Waals surface area contributed by atoms with Gasteiger partial charge in [-0.2, -0.15) is 0 Å². The number of hydrogen-bond acceptors (Lipinski definition) is 3. The van der Waals surface area contributed by atoms with Crippen molar-refractivity contribution in [2.45, 2.75) is 19.8 Å². The predicted molar refractivity (Wildman–Crippen MR) is 91.4 cm³/mol. The summed E-state index contributed by atoms with van der Waals surface area (Å²) in [4.78, 5) is 24.3. The Kier molecular flexibility index (Phi) is 5.77. The largest absolute Gasteiger partial charge is 0.496 e. The molecule has 1 N–H and O–H groups in total. The van der Waals surface area contributed by atoms with Gasteiger partial charge in [0.25, 0.3) is 0 Å². The summed E-state index contributed by atoms with van der Waals surface area (Å²) in [5.74, 6) is 0.144. The van der Waals surface area contributed by atoms with Crippen LogP contribution >= 0.6 is 11.6 Å². The number of amides is 1. The van der Waals surface area contributed by atoms with Crippen LogP contribution in [0.5, 0.6) is 5.75 Å². The molecule has 0 heterocycles. The highest BCUT2D eigenvalue weighted by atomic mass is 35.5. The third-order valence-corrected chi connectivity index (χ3v) is 3.71. The van der Waals surface area contributed by atoms with Crippen molar-refractivity contribution < 1.29 is 14.3 Å². The minimum absolute atomic E-state index is 0.0845. The van der Waals surface area contributed by atoms with E-state index in [0.29, 0.717) is 22.0 Å². The molecule has 2 aromatic carbocycles. The second kappa shape index (κ2) is 7.79. The van der Waals surface area contributed by atoms with Crippen LogP contribution in [0.4, 0.5) is 5.69 Å². The van der Waals surface area contributed by atoms with Crippen molar-refractivity contribution in [2.75, 3.05) is 12.4 Å². The Balaban J connectivity index is 1.98. The molecule has 23 heavy (non-hydrogen) atoms. The molecule has 0 radical (unpaired) electrons. The number of carbonyl (C=O) groups is 2. The van der Waals surface area contributed by atoms with Gasteiger partial charge in [0.2, 0.25) is 5.91 Å². The van der Waals surface area contributed by atoms with Crippen molar-refractivity contribution in [1.29, 1.82) is 0 Å². The molecule has 120 valence electrons. The van der Waals surface area contributed by atoms with E-state index in [1.165, 1.54) is 7.11 Å². The molecule has 0 aliphatic heterocycles. The fourth-order valence-corrected chi connectivity index (χ4v) is 2.36. The number of aryl methyl sites for hydroxylation is 1. The third-order valence-electron chi connectivity index (χ3n) is 3.38. The van der Waals surface area contributed by atoms with Gasteiger partial charge in [0.15, 0.2) is 5.78 Å². The number of ketones is 1. The van der Waals surface area contributed by atoms with Crippen molar-refractivity contribution >= 4 is 29.0 Å². The van der Waals surface area contributed by atoms with Crippen LogP contribution < -0.4 is 10.1 Å². The second-order valence-corrected chi connectivity index (χ2v) is 5.56. The van der Waals surface area contributed by atoms with Crippen LogP contribution in [0.15, 0.2) is 42.5 Å². The summed E-state index contributed by atoms with van der Waals surface area (Å²) in [5.41, 5.74) is 2.01. The first-order valence-electron chi connectivity index (χ1n) is 7.23. The van der Waals surface area contributed by atoms with Crippen molar-refractivity contribution in [3.05, 3.63) is 58.6 Å². The van der Waals surface area contributed by atoms with E-state index in [-0.39, 0.29) is 24.5 Å². The van der Waals surface area contributed by atoms with Gasteiger partial charge in [0, 0.05) is 12.8 Å². The van der Waals surface area contributed by atoms with Gasteiger partial charge in [-0.15, -0.1) is 0 Å². The molecule has 0 fully saturated rings. The van der Waals surface area contributed by atoms with Gasteiger partial charge in [0.05, 0.1) is 23.4 Å². The topological polar surface area (TPSA) is 55.4 Å². The number of para-hydroxylation sites is 1. The lowest BCUT2D eigenvalue weighted by Gasteiger charge is -2.09. The fraction of sp³-hybridized carbons (Fsp3) is 0.222. The highest BCUT2D eigenvalue weighted by Gasteiger charge is 2.14. The van der Waals surface area contributed by atoms with E-state index in [4.69, 9.17) is 16.3 Å². The van der Waals surface area contributed by atoms with Gasteiger partial charge in [0.1, 0.15) is 5.75 Å². The molecule has 0 unspecified atom stereocenters. The van der Waals surface area contributed by atoms with Gasteiger partial charge < -0.3 is 10.1 Å². The van der Waals surface area contributed by atoms with E-state index >= 15 is 0 Å². The van der Waals surface area contributed by atoms with Crippen LogP contribution in [-0.2, 0) is 4.79 Å². The molecule has 1 amide bonds. The van der Waals surface area contributed by atoms with E-state index in [2.05, 4.69) is 5.32 Å². The summed E-state index contributed by atoms with van der Waals surface area (Å²) in [6.45, 7) is 1.90. The Labute approximate surface area is 140 Å². The normalized spacial score (nSPS) is 10.2. The van der Waals surface area contributed by atoms with Crippen LogP contribution in [0.2, 0.25) is 5.02 Å². The first kappa shape index (κ1) is 17.0. The maximum atomic E-state index is 12.3. The number of carbonyl (C=O) groups excluding carboxylic acids is 2. The minimum atomic E-state index is -0.252. The monoisotopic (exact) mass is 331 g/mol. The van der Waals surface area contributed by atoms with E-state index in [1.54, 1.807) is 36.4 Å². The summed E-state index contributed by atoms with van der Waals surface area (Å²) in [6.07, 6.45) is 0.192. The molecular formula is C18H18ClNO3. The zero-order chi connectivity index (χ0) is 16.8. The fourth-order valence-electron chi connectivity index (χ4n) is 2.18. The van der Waals surface area contributed by atoms with Crippen molar-refractivity contribution in [1.82, 2.24) is 0 Å². The van der Waals surface area contributed by atoms with E-state index in [9.17, 15) is 9.59 Å². The Morgan fingerprint density at radius 2 is 1.87 bits per heavy atom. The number of anilines is 1. The number of nitrogens with one attached hydrogen (secondary N) is 1. The highest BCUT2D eigenvalue weighted by Crippen LogP contribution is 2.23. The molecule has 0 atom stereocenters. The number of benzene rings is 2. The van der Waals surface area contributed by atoms with Crippen LogP contribution in [0.3, 0.4) is 0 Å². The second-order valence-electron chi connectivity index (χ2n) is 5.15. The van der Waals surface area contributed by atoms with Crippen molar-refractivity contribution in [3.63, 3.8) is 0 Å². The smallest absolute Gasteiger partial charge is 0.224 e. The average Bonchev–Trinajstić information content (AvgIpc) is 2.54. The molecule has 0 aliphatic rings. The Hall–Kier alpha value is -2.33. The molecular weight excluding hydrogens is 314 g/mol. The van der Waals surface area contributed by atoms with Crippen molar-refractivity contribution in [2.24, 2.45) is 0 Å². The first-order chi connectivity index (χ1) is 11.0. The van der Waals surface area contributed by atoms with E-state index < -0.39 is 0 Å². The summed E-state index contributed by atoms with van der Waals surface area (Å²) in [7, 11) is 1.52. The number of methoxy groups -OCH3 is 1. The molecule has 0 aromatic heterocycles. The summed E-state index contributed by atoms with van der Waals surface area (Å²) in [5, 5.41) is 3.17. The lowest BCUT2D eigenvalue weighted by Crippen LogP contribution is -2.14. The van der Waals surface area contributed by atoms with Gasteiger partial charge in [-0.1, -0.05) is 35.4 Å². The number of halogens is 1. The minimum Gasteiger partial charge on any atom is -0.496 e. The standard InChI is InChI=1S/C18H18ClNO3/c1-12-7-9-17(23-2)13(11-12)16(21)8-10-18(22)20-15-6-4-3-5-14(15)19/h3-7,9,11H,8,10H2,1-2H3,(H,20,22). The average molecular weight is 332 g/mol. The first-order valence-corrected chi connectivity index (χ1v) is 7.61. The molecule has 0 saturated heterocycles. The molecule has 0 spiro atoms. The van der Waals surface area contributed by atoms with Crippen LogP contribution in [0.1, 0.15) is 28.8 Å². The van der Waals surface area contributed by atoms with Gasteiger partial charge in [-0.25, -0.2) is 0 Å². The number of ether oxygens (including phenoxy) is 1. The van der Waals surface area contributed by atoms with E-state index in [1.807, 2.05) is 13.0 Å².